The van der Waals surface area contributed by atoms with Crippen LogP contribution in [0.5, 0.6) is 0 Å². The molecule has 130 valence electrons. The molecule has 0 atom stereocenters. The predicted molar refractivity (Wildman–Crippen MR) is 98.8 cm³/mol. The number of hydrogen-bond acceptors (Lipinski definition) is 5. The third-order valence-corrected chi connectivity index (χ3v) is 5.91. The maximum Gasteiger partial charge on any atom is 0.263 e. The van der Waals surface area contributed by atoms with Crippen molar-refractivity contribution in [1.29, 1.82) is 0 Å². The number of hydrogen-bond donors (Lipinski definition) is 2. The number of thiazole rings is 1. The first-order valence-corrected chi connectivity index (χ1v) is 9.85. The van der Waals surface area contributed by atoms with Gasteiger partial charge in [-0.05, 0) is 43.3 Å². The van der Waals surface area contributed by atoms with Crippen molar-refractivity contribution in [2.45, 2.75) is 11.8 Å². The Balaban J connectivity index is 1.83. The van der Waals surface area contributed by atoms with Gasteiger partial charge in [0.15, 0.2) is 5.13 Å². The molecule has 2 N–H and O–H groups in total. The van der Waals surface area contributed by atoms with Gasteiger partial charge in [-0.2, -0.15) is 0 Å². The molecule has 0 amide bonds. The highest BCUT2D eigenvalue weighted by atomic mass is 35.5. The Bertz CT molecular complexity index is 1020. The van der Waals surface area contributed by atoms with E-state index in [4.69, 9.17) is 11.6 Å². The van der Waals surface area contributed by atoms with Crippen LogP contribution in [0.4, 0.5) is 20.9 Å². The minimum absolute atomic E-state index is 0.181. The lowest BCUT2D eigenvalue weighted by atomic mass is 10.3. The molecule has 0 saturated carbocycles. The van der Waals surface area contributed by atoms with Gasteiger partial charge in [0.05, 0.1) is 16.4 Å². The Morgan fingerprint density at radius 3 is 2.60 bits per heavy atom. The van der Waals surface area contributed by atoms with E-state index in [1.165, 1.54) is 11.3 Å². The van der Waals surface area contributed by atoms with E-state index in [0.29, 0.717) is 16.5 Å². The molecule has 5 nitrogen and oxygen atoms in total. The average molecular weight is 398 g/mol. The van der Waals surface area contributed by atoms with Gasteiger partial charge in [-0.1, -0.05) is 17.7 Å². The number of halogens is 2. The van der Waals surface area contributed by atoms with E-state index >= 15 is 0 Å². The van der Waals surface area contributed by atoms with Gasteiger partial charge in [0.25, 0.3) is 10.0 Å². The van der Waals surface area contributed by atoms with Gasteiger partial charge in [-0.15, -0.1) is 11.3 Å². The SMILES string of the molecule is Cc1csc(Nc2cccc(NS(=O)(=O)c3ccc(F)cc3Cl)c2)n1. The zero-order chi connectivity index (χ0) is 18.0. The van der Waals surface area contributed by atoms with Crippen LogP contribution in [0, 0.1) is 12.7 Å². The normalized spacial score (nSPS) is 11.3. The van der Waals surface area contributed by atoms with Gasteiger partial charge in [0.2, 0.25) is 0 Å². The zero-order valence-electron chi connectivity index (χ0n) is 13.0. The number of sulfonamides is 1. The highest BCUT2D eigenvalue weighted by molar-refractivity contribution is 7.92. The molecule has 3 rings (SSSR count). The molecular weight excluding hydrogens is 385 g/mol. The summed E-state index contributed by atoms with van der Waals surface area (Å²) in [5.74, 6) is -0.603. The van der Waals surface area contributed by atoms with Crippen molar-refractivity contribution in [2.75, 3.05) is 10.0 Å². The molecule has 25 heavy (non-hydrogen) atoms. The van der Waals surface area contributed by atoms with Crippen molar-refractivity contribution in [3.63, 3.8) is 0 Å². The van der Waals surface area contributed by atoms with Crippen molar-refractivity contribution >= 4 is 49.5 Å². The third-order valence-electron chi connectivity index (χ3n) is 3.17. The summed E-state index contributed by atoms with van der Waals surface area (Å²) in [6, 6.07) is 9.86. The standard InChI is InChI=1S/C16H13ClFN3O2S2/c1-10-9-24-16(19-10)20-12-3-2-4-13(8-12)21-25(22,23)15-6-5-11(18)7-14(15)17/h2-9,21H,1H3,(H,19,20). The van der Waals surface area contributed by atoms with Crippen LogP contribution in [-0.4, -0.2) is 13.4 Å². The average Bonchev–Trinajstić information content (AvgIpc) is 2.91. The Morgan fingerprint density at radius 2 is 1.92 bits per heavy atom. The van der Waals surface area contributed by atoms with Crippen LogP contribution < -0.4 is 10.0 Å². The van der Waals surface area contributed by atoms with Crippen LogP contribution in [0.25, 0.3) is 0 Å². The number of benzene rings is 2. The summed E-state index contributed by atoms with van der Waals surface area (Å²) in [4.78, 5) is 4.10. The lowest BCUT2D eigenvalue weighted by molar-refractivity contribution is 0.600. The van der Waals surface area contributed by atoms with Gasteiger partial charge in [-0.25, -0.2) is 17.8 Å². The molecule has 0 saturated heterocycles. The van der Waals surface area contributed by atoms with Gasteiger partial charge in [-0.3, -0.25) is 4.72 Å². The van der Waals surface area contributed by atoms with E-state index in [0.717, 1.165) is 23.9 Å². The zero-order valence-corrected chi connectivity index (χ0v) is 15.3. The van der Waals surface area contributed by atoms with Crippen LogP contribution in [0.1, 0.15) is 5.69 Å². The Labute approximate surface area is 153 Å². The highest BCUT2D eigenvalue weighted by Gasteiger charge is 2.18. The number of aryl methyl sites for hydroxylation is 1. The molecule has 0 aliphatic rings. The van der Waals surface area contributed by atoms with Crippen LogP contribution in [-0.2, 0) is 10.0 Å². The van der Waals surface area contributed by atoms with Crippen molar-refractivity contribution in [3.05, 3.63) is 64.4 Å². The molecule has 1 aromatic heterocycles. The molecule has 1 heterocycles. The van der Waals surface area contributed by atoms with Gasteiger partial charge < -0.3 is 5.32 Å². The second kappa shape index (κ2) is 6.99. The predicted octanol–water partition coefficient (Wildman–Crippen LogP) is 4.79. The summed E-state index contributed by atoms with van der Waals surface area (Å²) in [6.45, 7) is 1.89. The summed E-state index contributed by atoms with van der Waals surface area (Å²) < 4.78 is 40.5. The minimum Gasteiger partial charge on any atom is -0.331 e. The quantitative estimate of drug-likeness (QED) is 0.649. The molecule has 9 heteroatoms. The van der Waals surface area contributed by atoms with Crippen molar-refractivity contribution < 1.29 is 12.8 Å². The van der Waals surface area contributed by atoms with E-state index in [1.807, 2.05) is 12.3 Å². The largest absolute Gasteiger partial charge is 0.331 e. The van der Waals surface area contributed by atoms with Crippen molar-refractivity contribution in [3.8, 4) is 0 Å². The fraction of sp³-hybridized carbons (Fsp3) is 0.0625. The van der Waals surface area contributed by atoms with E-state index in [9.17, 15) is 12.8 Å². The smallest absolute Gasteiger partial charge is 0.263 e. The molecule has 0 unspecified atom stereocenters. The van der Waals surface area contributed by atoms with Crippen LogP contribution in [0.3, 0.4) is 0 Å². The number of nitrogens with zero attached hydrogens (tertiary/aromatic N) is 1. The van der Waals surface area contributed by atoms with E-state index < -0.39 is 15.8 Å². The van der Waals surface area contributed by atoms with Crippen LogP contribution in [0.15, 0.2) is 52.7 Å². The Kier molecular flexibility index (Phi) is 4.94. The highest BCUT2D eigenvalue weighted by Crippen LogP contribution is 2.27. The van der Waals surface area contributed by atoms with Gasteiger partial charge in [0.1, 0.15) is 10.7 Å². The summed E-state index contributed by atoms with van der Waals surface area (Å²) >= 11 is 7.29. The molecule has 0 radical (unpaired) electrons. The van der Waals surface area contributed by atoms with E-state index in [2.05, 4.69) is 15.0 Å². The molecule has 0 bridgehead atoms. The molecule has 0 spiro atoms. The second-order valence-electron chi connectivity index (χ2n) is 5.18. The Morgan fingerprint density at radius 1 is 1.16 bits per heavy atom. The Hall–Kier alpha value is -2.16. The monoisotopic (exact) mass is 397 g/mol. The van der Waals surface area contributed by atoms with Crippen molar-refractivity contribution in [1.82, 2.24) is 4.98 Å². The maximum absolute atomic E-state index is 13.1. The van der Waals surface area contributed by atoms with E-state index in [-0.39, 0.29) is 9.92 Å². The number of anilines is 3. The second-order valence-corrected chi connectivity index (χ2v) is 8.10. The van der Waals surface area contributed by atoms with Crippen molar-refractivity contribution in [2.24, 2.45) is 0 Å². The van der Waals surface area contributed by atoms with Gasteiger partial charge in [0, 0.05) is 11.1 Å². The number of rotatable bonds is 5. The topological polar surface area (TPSA) is 71.1 Å². The minimum atomic E-state index is -3.94. The molecular formula is C16H13ClFN3O2S2. The first-order valence-electron chi connectivity index (χ1n) is 7.10. The van der Waals surface area contributed by atoms with Crippen LogP contribution in [0.2, 0.25) is 5.02 Å². The number of nitrogens with one attached hydrogen (secondary N) is 2. The summed E-state index contributed by atoms with van der Waals surface area (Å²) in [7, 11) is -3.94. The van der Waals surface area contributed by atoms with E-state index in [1.54, 1.807) is 24.3 Å². The fourth-order valence-corrected chi connectivity index (χ4v) is 4.39. The third kappa shape index (κ3) is 4.28. The maximum atomic E-state index is 13.1. The summed E-state index contributed by atoms with van der Waals surface area (Å²) in [5.41, 5.74) is 1.92. The number of aromatic nitrogens is 1. The fourth-order valence-electron chi connectivity index (χ4n) is 2.10. The molecule has 2 aromatic carbocycles. The van der Waals surface area contributed by atoms with Gasteiger partial charge >= 0.3 is 0 Å². The summed E-state index contributed by atoms with van der Waals surface area (Å²) in [5, 5.41) is 5.54. The molecule has 3 aromatic rings. The molecule has 0 fully saturated rings. The first-order chi connectivity index (χ1) is 11.8. The van der Waals surface area contributed by atoms with Crippen LogP contribution >= 0.6 is 22.9 Å². The lowest BCUT2D eigenvalue weighted by Gasteiger charge is -2.11. The molecule has 0 aliphatic carbocycles. The lowest BCUT2D eigenvalue weighted by Crippen LogP contribution is -2.13. The summed E-state index contributed by atoms with van der Waals surface area (Å²) in [6.07, 6.45) is 0. The molecule has 0 aliphatic heterocycles. The first kappa shape index (κ1) is 17.7.